The first-order chi connectivity index (χ1) is 9.49. The molecule has 0 aliphatic rings. The lowest BCUT2D eigenvalue weighted by Crippen LogP contribution is -2.08. The van der Waals surface area contributed by atoms with Gasteiger partial charge in [-0.1, -0.05) is 35.3 Å². The van der Waals surface area contributed by atoms with Crippen molar-refractivity contribution in [2.75, 3.05) is 0 Å². The molecule has 0 saturated heterocycles. The van der Waals surface area contributed by atoms with Gasteiger partial charge in [-0.25, -0.2) is 4.39 Å². The predicted molar refractivity (Wildman–Crippen MR) is 79.8 cm³/mol. The van der Waals surface area contributed by atoms with Crippen molar-refractivity contribution in [2.24, 2.45) is 5.73 Å². The Morgan fingerprint density at radius 1 is 1.25 bits per heavy atom. The van der Waals surface area contributed by atoms with Gasteiger partial charge in [-0.05, 0) is 31.2 Å². The summed E-state index contributed by atoms with van der Waals surface area (Å²) in [4.78, 5) is 0. The van der Waals surface area contributed by atoms with Gasteiger partial charge in [0.25, 0.3) is 0 Å². The third-order valence-electron chi connectivity index (χ3n) is 2.88. The normalized spacial score (nSPS) is 12.2. The summed E-state index contributed by atoms with van der Waals surface area (Å²) < 4.78 is 18.9. The zero-order valence-electron chi connectivity index (χ0n) is 10.9. The van der Waals surface area contributed by atoms with Crippen molar-refractivity contribution in [3.8, 4) is 5.75 Å². The number of ether oxygens (including phenoxy) is 1. The summed E-state index contributed by atoms with van der Waals surface area (Å²) in [5.41, 5.74) is 7.19. The van der Waals surface area contributed by atoms with Gasteiger partial charge in [0.15, 0.2) is 0 Å². The number of benzene rings is 2. The van der Waals surface area contributed by atoms with E-state index in [4.69, 9.17) is 33.7 Å². The van der Waals surface area contributed by atoms with E-state index < -0.39 is 0 Å². The maximum atomic E-state index is 13.2. The van der Waals surface area contributed by atoms with Crippen LogP contribution in [0.5, 0.6) is 5.75 Å². The van der Waals surface area contributed by atoms with Crippen LogP contribution in [-0.2, 0) is 6.61 Å². The van der Waals surface area contributed by atoms with E-state index in [0.29, 0.717) is 21.4 Å². The fraction of sp³-hybridized carbons (Fsp3) is 0.200. The Labute approximate surface area is 127 Å². The maximum Gasteiger partial charge on any atom is 0.124 e. The molecule has 0 fully saturated rings. The highest BCUT2D eigenvalue weighted by Gasteiger charge is 2.11. The molecule has 0 heterocycles. The molecular formula is C15H14Cl2FNO. The van der Waals surface area contributed by atoms with Crippen LogP contribution in [0.3, 0.4) is 0 Å². The quantitative estimate of drug-likeness (QED) is 0.885. The molecule has 20 heavy (non-hydrogen) atoms. The zero-order chi connectivity index (χ0) is 14.7. The second-order valence-corrected chi connectivity index (χ2v) is 5.26. The average molecular weight is 314 g/mol. The lowest BCUT2D eigenvalue weighted by Gasteiger charge is -2.15. The molecule has 0 bridgehead atoms. The number of rotatable bonds is 4. The molecule has 2 aromatic rings. The smallest absolute Gasteiger partial charge is 0.124 e. The number of nitrogens with two attached hydrogens (primary N) is 1. The van der Waals surface area contributed by atoms with Crippen LogP contribution in [0.1, 0.15) is 24.1 Å². The first-order valence-electron chi connectivity index (χ1n) is 6.09. The monoisotopic (exact) mass is 313 g/mol. The number of hydrogen-bond donors (Lipinski definition) is 1. The molecule has 2 N–H and O–H groups in total. The van der Waals surface area contributed by atoms with Crippen molar-refractivity contribution < 1.29 is 9.13 Å². The maximum absolute atomic E-state index is 13.2. The standard InChI is InChI=1S/C15H14Cl2FNO/c1-9(19)12-7-11(18)5-6-14(12)20-8-10-3-2-4-13(16)15(10)17/h2-7,9H,8,19H2,1H3/t9-/m0/s1. The molecular weight excluding hydrogens is 300 g/mol. The van der Waals surface area contributed by atoms with Crippen LogP contribution >= 0.6 is 23.2 Å². The van der Waals surface area contributed by atoms with Gasteiger partial charge in [-0.3, -0.25) is 0 Å². The first-order valence-corrected chi connectivity index (χ1v) is 6.85. The van der Waals surface area contributed by atoms with Gasteiger partial charge in [-0.15, -0.1) is 0 Å². The summed E-state index contributed by atoms with van der Waals surface area (Å²) in [5.74, 6) is 0.197. The molecule has 0 aliphatic heterocycles. The number of hydrogen-bond acceptors (Lipinski definition) is 2. The largest absolute Gasteiger partial charge is 0.489 e. The minimum absolute atomic E-state index is 0.241. The third kappa shape index (κ3) is 3.42. The van der Waals surface area contributed by atoms with Crippen LogP contribution in [-0.4, -0.2) is 0 Å². The fourth-order valence-electron chi connectivity index (χ4n) is 1.82. The fourth-order valence-corrected chi connectivity index (χ4v) is 2.20. The van der Waals surface area contributed by atoms with Crippen molar-refractivity contribution in [3.05, 3.63) is 63.4 Å². The van der Waals surface area contributed by atoms with E-state index in [1.807, 2.05) is 6.07 Å². The van der Waals surface area contributed by atoms with Crippen LogP contribution in [0.25, 0.3) is 0 Å². The van der Waals surface area contributed by atoms with Crippen LogP contribution in [0.4, 0.5) is 4.39 Å². The summed E-state index contributed by atoms with van der Waals surface area (Å²) in [6.07, 6.45) is 0. The van der Waals surface area contributed by atoms with E-state index >= 15 is 0 Å². The highest BCUT2D eigenvalue weighted by atomic mass is 35.5. The summed E-state index contributed by atoms with van der Waals surface area (Å²) >= 11 is 12.0. The van der Waals surface area contributed by atoms with Gasteiger partial charge in [0.05, 0.1) is 10.0 Å². The van der Waals surface area contributed by atoms with Crippen LogP contribution in [0.15, 0.2) is 36.4 Å². The van der Waals surface area contributed by atoms with Gasteiger partial charge in [0, 0.05) is 17.2 Å². The topological polar surface area (TPSA) is 35.2 Å². The minimum Gasteiger partial charge on any atom is -0.489 e. The summed E-state index contributed by atoms with van der Waals surface area (Å²) in [6.45, 7) is 2.01. The van der Waals surface area contributed by atoms with Crippen molar-refractivity contribution in [1.82, 2.24) is 0 Å². The molecule has 2 nitrogen and oxygen atoms in total. The third-order valence-corrected chi connectivity index (χ3v) is 3.74. The first kappa shape index (κ1) is 15.1. The molecule has 0 saturated carbocycles. The van der Waals surface area contributed by atoms with E-state index in [0.717, 1.165) is 5.56 Å². The molecule has 5 heteroatoms. The van der Waals surface area contributed by atoms with Crippen molar-refractivity contribution >= 4 is 23.2 Å². The molecule has 0 radical (unpaired) electrons. The lowest BCUT2D eigenvalue weighted by molar-refractivity contribution is 0.301. The highest BCUT2D eigenvalue weighted by molar-refractivity contribution is 6.42. The van der Waals surface area contributed by atoms with Gasteiger partial charge < -0.3 is 10.5 Å². The van der Waals surface area contributed by atoms with E-state index in [1.165, 1.54) is 12.1 Å². The number of halogens is 3. The molecule has 1 atom stereocenters. The van der Waals surface area contributed by atoms with Crippen LogP contribution in [0, 0.1) is 5.82 Å². The minimum atomic E-state index is -0.342. The Hall–Kier alpha value is -1.29. The van der Waals surface area contributed by atoms with Crippen LogP contribution < -0.4 is 10.5 Å². The van der Waals surface area contributed by atoms with E-state index in [-0.39, 0.29) is 18.5 Å². The Bertz CT molecular complexity index is 617. The van der Waals surface area contributed by atoms with Gasteiger partial charge in [0.2, 0.25) is 0 Å². The van der Waals surface area contributed by atoms with Gasteiger partial charge in [-0.2, -0.15) is 0 Å². The Balaban J connectivity index is 2.21. The average Bonchev–Trinajstić information content (AvgIpc) is 2.41. The Morgan fingerprint density at radius 3 is 2.70 bits per heavy atom. The second-order valence-electron chi connectivity index (χ2n) is 4.47. The Morgan fingerprint density at radius 2 is 2.00 bits per heavy atom. The van der Waals surface area contributed by atoms with Crippen LogP contribution in [0.2, 0.25) is 10.0 Å². The van der Waals surface area contributed by atoms with E-state index in [9.17, 15) is 4.39 Å². The molecule has 0 spiro atoms. The second kappa shape index (κ2) is 6.44. The molecule has 0 aliphatic carbocycles. The zero-order valence-corrected chi connectivity index (χ0v) is 12.4. The van der Waals surface area contributed by atoms with E-state index in [1.54, 1.807) is 25.1 Å². The van der Waals surface area contributed by atoms with Gasteiger partial charge in [0.1, 0.15) is 18.2 Å². The lowest BCUT2D eigenvalue weighted by atomic mass is 10.1. The molecule has 0 unspecified atom stereocenters. The summed E-state index contributed by atoms with van der Waals surface area (Å²) in [7, 11) is 0. The molecule has 106 valence electrons. The van der Waals surface area contributed by atoms with Crippen molar-refractivity contribution in [3.63, 3.8) is 0 Å². The van der Waals surface area contributed by atoms with Gasteiger partial charge >= 0.3 is 0 Å². The molecule has 2 aromatic carbocycles. The van der Waals surface area contributed by atoms with Crippen molar-refractivity contribution in [2.45, 2.75) is 19.6 Å². The summed E-state index contributed by atoms with van der Waals surface area (Å²) in [5, 5.41) is 0.929. The SMILES string of the molecule is C[C@H](N)c1cc(F)ccc1OCc1cccc(Cl)c1Cl. The highest BCUT2D eigenvalue weighted by Crippen LogP contribution is 2.29. The van der Waals surface area contributed by atoms with Crippen molar-refractivity contribution in [1.29, 1.82) is 0 Å². The Kier molecular flexibility index (Phi) is 4.86. The van der Waals surface area contributed by atoms with E-state index in [2.05, 4.69) is 0 Å². The molecule has 2 rings (SSSR count). The predicted octanol–water partition coefficient (Wildman–Crippen LogP) is 4.73. The summed E-state index contributed by atoms with van der Waals surface area (Å²) in [6, 6.07) is 9.27. The molecule has 0 aromatic heterocycles. The molecule has 0 amide bonds.